The van der Waals surface area contributed by atoms with Crippen molar-refractivity contribution in [3.63, 3.8) is 0 Å². The van der Waals surface area contributed by atoms with Crippen molar-refractivity contribution in [2.45, 2.75) is 13.0 Å². The van der Waals surface area contributed by atoms with Crippen molar-refractivity contribution >= 4 is 23.1 Å². The van der Waals surface area contributed by atoms with Crippen LogP contribution in [0.25, 0.3) is 5.76 Å². The Morgan fingerprint density at radius 3 is 2.34 bits per heavy atom. The highest BCUT2D eigenvalue weighted by Crippen LogP contribution is 2.42. The number of hydrogen-bond donors (Lipinski definition) is 1. The van der Waals surface area contributed by atoms with Crippen molar-refractivity contribution in [3.8, 4) is 5.75 Å². The van der Waals surface area contributed by atoms with Crippen molar-refractivity contribution in [3.05, 3.63) is 95.3 Å². The summed E-state index contributed by atoms with van der Waals surface area (Å²) in [6, 6.07) is 11.4. The van der Waals surface area contributed by atoms with E-state index in [-0.39, 0.29) is 11.3 Å². The zero-order valence-corrected chi connectivity index (χ0v) is 17.0. The number of aromatic nitrogens is 1. The standard InChI is InChI=1S/C24H18F2N2O4/c1-2-32-17-6-3-15(4-7-17)22(29)20-21(14-9-11-27-12-10-14)28(24(31)23(20)30)16-5-8-18(25)19(26)13-16/h3-13,21,29H,2H2,1H3/b22-20+. The number of amides is 1. The lowest BCUT2D eigenvalue weighted by atomic mass is 9.95. The summed E-state index contributed by atoms with van der Waals surface area (Å²) in [5.41, 5.74) is 0.584. The van der Waals surface area contributed by atoms with Gasteiger partial charge in [-0.25, -0.2) is 8.78 Å². The van der Waals surface area contributed by atoms with E-state index in [1.54, 1.807) is 36.4 Å². The Hall–Kier alpha value is -4.07. The molecule has 1 unspecified atom stereocenters. The van der Waals surface area contributed by atoms with E-state index in [4.69, 9.17) is 4.74 Å². The lowest BCUT2D eigenvalue weighted by Crippen LogP contribution is -2.29. The Kier molecular flexibility index (Phi) is 5.68. The van der Waals surface area contributed by atoms with Crippen LogP contribution in [0.4, 0.5) is 14.5 Å². The number of carbonyl (C=O) groups excluding carboxylic acids is 2. The highest BCUT2D eigenvalue weighted by Gasteiger charge is 2.47. The van der Waals surface area contributed by atoms with Gasteiger partial charge in [0.05, 0.1) is 18.2 Å². The number of anilines is 1. The fourth-order valence-electron chi connectivity index (χ4n) is 3.63. The molecule has 0 radical (unpaired) electrons. The maximum absolute atomic E-state index is 13.9. The van der Waals surface area contributed by atoms with Crippen molar-refractivity contribution < 1.29 is 28.2 Å². The molecular formula is C24H18F2N2O4. The average Bonchev–Trinajstić information content (AvgIpc) is 3.07. The third-order valence-electron chi connectivity index (χ3n) is 5.09. The van der Waals surface area contributed by atoms with Crippen LogP contribution in [0.15, 0.2) is 72.6 Å². The van der Waals surface area contributed by atoms with Gasteiger partial charge in [-0.05, 0) is 61.0 Å². The van der Waals surface area contributed by atoms with Crippen LogP contribution >= 0.6 is 0 Å². The quantitative estimate of drug-likeness (QED) is 0.365. The van der Waals surface area contributed by atoms with Crippen LogP contribution in [0.3, 0.4) is 0 Å². The summed E-state index contributed by atoms with van der Waals surface area (Å²) in [5.74, 6) is -3.96. The number of aliphatic hydroxyl groups is 1. The number of ether oxygens (including phenoxy) is 1. The lowest BCUT2D eigenvalue weighted by Gasteiger charge is -2.25. The Labute approximate surface area is 182 Å². The summed E-state index contributed by atoms with van der Waals surface area (Å²) < 4.78 is 32.8. The Morgan fingerprint density at radius 1 is 1.03 bits per heavy atom. The minimum Gasteiger partial charge on any atom is -0.507 e. The van der Waals surface area contributed by atoms with Gasteiger partial charge in [0.2, 0.25) is 0 Å². The van der Waals surface area contributed by atoms with E-state index in [2.05, 4.69) is 4.98 Å². The molecule has 32 heavy (non-hydrogen) atoms. The molecule has 1 atom stereocenters. The molecule has 2 heterocycles. The molecule has 3 aromatic rings. The number of carbonyl (C=O) groups is 2. The highest BCUT2D eigenvalue weighted by molar-refractivity contribution is 6.51. The van der Waals surface area contributed by atoms with Crippen LogP contribution in [-0.2, 0) is 9.59 Å². The minimum atomic E-state index is -1.16. The summed E-state index contributed by atoms with van der Waals surface area (Å²) in [4.78, 5) is 30.9. The number of rotatable bonds is 5. The fraction of sp³-hybridized carbons (Fsp3) is 0.125. The normalized spacial score (nSPS) is 17.6. The summed E-state index contributed by atoms with van der Waals surface area (Å²) in [7, 11) is 0. The van der Waals surface area contributed by atoms with Crippen LogP contribution in [0.1, 0.15) is 24.1 Å². The molecule has 0 saturated carbocycles. The second-order valence-corrected chi connectivity index (χ2v) is 7.01. The first-order valence-electron chi connectivity index (χ1n) is 9.81. The van der Waals surface area contributed by atoms with Gasteiger partial charge in [-0.1, -0.05) is 0 Å². The molecule has 1 aliphatic rings. The van der Waals surface area contributed by atoms with Crippen molar-refractivity contribution in [1.29, 1.82) is 0 Å². The van der Waals surface area contributed by atoms with E-state index in [1.807, 2.05) is 6.92 Å². The van der Waals surface area contributed by atoms with Gasteiger partial charge in [-0.15, -0.1) is 0 Å². The molecule has 162 valence electrons. The molecule has 0 bridgehead atoms. The predicted molar refractivity (Wildman–Crippen MR) is 113 cm³/mol. The maximum Gasteiger partial charge on any atom is 0.300 e. The van der Waals surface area contributed by atoms with E-state index < -0.39 is 35.1 Å². The van der Waals surface area contributed by atoms with Crippen LogP contribution < -0.4 is 9.64 Å². The molecule has 0 spiro atoms. The van der Waals surface area contributed by atoms with Crippen molar-refractivity contribution in [1.82, 2.24) is 4.98 Å². The number of hydrogen-bond acceptors (Lipinski definition) is 5. The van der Waals surface area contributed by atoms with Crippen LogP contribution in [0, 0.1) is 11.6 Å². The van der Waals surface area contributed by atoms with E-state index >= 15 is 0 Å². The number of pyridine rings is 1. The van der Waals surface area contributed by atoms with E-state index in [9.17, 15) is 23.5 Å². The minimum absolute atomic E-state index is 0.0152. The molecule has 8 heteroatoms. The summed E-state index contributed by atoms with van der Waals surface area (Å²) in [6.45, 7) is 2.30. The zero-order valence-electron chi connectivity index (χ0n) is 17.0. The predicted octanol–water partition coefficient (Wildman–Crippen LogP) is 4.38. The monoisotopic (exact) mass is 436 g/mol. The zero-order chi connectivity index (χ0) is 22.8. The molecule has 1 saturated heterocycles. The first kappa shape index (κ1) is 21.2. The van der Waals surface area contributed by atoms with Gasteiger partial charge in [-0.2, -0.15) is 0 Å². The number of halogens is 2. The topological polar surface area (TPSA) is 79.7 Å². The number of aliphatic hydroxyl groups excluding tert-OH is 1. The second-order valence-electron chi connectivity index (χ2n) is 7.01. The molecule has 1 aliphatic heterocycles. The lowest BCUT2D eigenvalue weighted by molar-refractivity contribution is -0.132. The summed E-state index contributed by atoms with van der Waals surface area (Å²) >= 11 is 0. The molecule has 4 rings (SSSR count). The third-order valence-corrected chi connectivity index (χ3v) is 5.09. The van der Waals surface area contributed by atoms with Crippen LogP contribution in [0.5, 0.6) is 5.75 Å². The number of ketones is 1. The smallest absolute Gasteiger partial charge is 0.300 e. The molecule has 2 aromatic carbocycles. The van der Waals surface area contributed by atoms with Gasteiger partial charge < -0.3 is 9.84 Å². The Bertz CT molecular complexity index is 1210. The molecule has 1 N–H and O–H groups in total. The first-order chi connectivity index (χ1) is 15.4. The van der Waals surface area contributed by atoms with Gasteiger partial charge in [0.25, 0.3) is 11.7 Å². The molecular weight excluding hydrogens is 418 g/mol. The van der Waals surface area contributed by atoms with Gasteiger partial charge in [-0.3, -0.25) is 19.5 Å². The van der Waals surface area contributed by atoms with E-state index in [0.29, 0.717) is 23.5 Å². The van der Waals surface area contributed by atoms with Crippen LogP contribution in [-0.4, -0.2) is 28.4 Å². The second kappa shape index (κ2) is 8.58. The van der Waals surface area contributed by atoms with Crippen LogP contribution in [0.2, 0.25) is 0 Å². The largest absolute Gasteiger partial charge is 0.507 e. The van der Waals surface area contributed by atoms with Gasteiger partial charge in [0.1, 0.15) is 11.5 Å². The number of benzene rings is 2. The molecule has 6 nitrogen and oxygen atoms in total. The maximum atomic E-state index is 13.9. The summed E-state index contributed by atoms with van der Waals surface area (Å²) in [5, 5.41) is 11.0. The summed E-state index contributed by atoms with van der Waals surface area (Å²) in [6.07, 6.45) is 2.94. The molecule has 1 amide bonds. The third kappa shape index (κ3) is 3.71. The van der Waals surface area contributed by atoms with Gasteiger partial charge in [0.15, 0.2) is 11.6 Å². The van der Waals surface area contributed by atoms with Gasteiger partial charge in [0, 0.05) is 29.7 Å². The fourth-order valence-corrected chi connectivity index (χ4v) is 3.63. The Balaban J connectivity index is 1.88. The number of nitrogens with zero attached hydrogens (tertiary/aromatic N) is 2. The van der Waals surface area contributed by atoms with Gasteiger partial charge >= 0.3 is 0 Å². The highest BCUT2D eigenvalue weighted by atomic mass is 19.2. The molecule has 1 fully saturated rings. The molecule has 1 aromatic heterocycles. The van der Waals surface area contributed by atoms with Crippen molar-refractivity contribution in [2.24, 2.45) is 0 Å². The van der Waals surface area contributed by atoms with E-state index in [1.165, 1.54) is 18.5 Å². The van der Waals surface area contributed by atoms with Crippen molar-refractivity contribution in [2.75, 3.05) is 11.5 Å². The molecule has 0 aliphatic carbocycles. The average molecular weight is 436 g/mol. The Morgan fingerprint density at radius 2 is 1.72 bits per heavy atom. The SMILES string of the molecule is CCOc1ccc(/C(O)=C2\C(=O)C(=O)N(c3ccc(F)c(F)c3)C2c2ccncc2)cc1. The van der Waals surface area contributed by atoms with E-state index in [0.717, 1.165) is 17.0 Å². The number of Topliss-reactive ketones (excluding diaryl/α,β-unsaturated/α-hetero) is 1. The first-order valence-corrected chi connectivity index (χ1v) is 9.81.